The Morgan fingerprint density at radius 2 is 2.39 bits per heavy atom. The lowest BCUT2D eigenvalue weighted by Gasteiger charge is -2.14. The quantitative estimate of drug-likeness (QED) is 0.308. The maximum absolute atomic E-state index is 8.72. The molecular weight excluding hydrogens is 228 g/mol. The molecule has 18 heavy (non-hydrogen) atoms. The molecule has 0 radical (unpaired) electrons. The standard InChI is InChI=1S/C13H20N4O/c1-2-13(5-6-13)9-15-8-10-4-3-7-16-11(10)12(14)17-18/h3-4,7,15,18H,2,5-6,8-9H2,1H3,(H2,14,17). The van der Waals surface area contributed by atoms with Crippen LogP contribution in [0.25, 0.3) is 0 Å². The summed E-state index contributed by atoms with van der Waals surface area (Å²) in [6.07, 6.45) is 5.50. The Morgan fingerprint density at radius 3 is 3.00 bits per heavy atom. The van der Waals surface area contributed by atoms with Crippen molar-refractivity contribution in [2.75, 3.05) is 6.54 Å². The van der Waals surface area contributed by atoms with Crippen LogP contribution in [-0.2, 0) is 6.54 Å². The van der Waals surface area contributed by atoms with Crippen LogP contribution < -0.4 is 11.1 Å². The molecule has 5 nitrogen and oxygen atoms in total. The van der Waals surface area contributed by atoms with Gasteiger partial charge in [-0.05, 0) is 36.3 Å². The number of amidine groups is 1. The number of nitrogens with zero attached hydrogens (tertiary/aromatic N) is 2. The maximum Gasteiger partial charge on any atom is 0.189 e. The van der Waals surface area contributed by atoms with E-state index < -0.39 is 0 Å². The third kappa shape index (κ3) is 2.79. The zero-order chi connectivity index (χ0) is 13.0. The molecule has 0 amide bonds. The lowest BCUT2D eigenvalue weighted by Crippen LogP contribution is -2.25. The van der Waals surface area contributed by atoms with E-state index in [-0.39, 0.29) is 5.84 Å². The lowest BCUT2D eigenvalue weighted by molar-refractivity contribution is 0.318. The smallest absolute Gasteiger partial charge is 0.189 e. The predicted octanol–water partition coefficient (Wildman–Crippen LogP) is 1.46. The molecule has 0 spiro atoms. The van der Waals surface area contributed by atoms with E-state index in [2.05, 4.69) is 22.4 Å². The maximum atomic E-state index is 8.72. The molecule has 0 atom stereocenters. The molecule has 1 aromatic heterocycles. The molecule has 1 fully saturated rings. The minimum absolute atomic E-state index is 0.0593. The summed E-state index contributed by atoms with van der Waals surface area (Å²) in [7, 11) is 0. The average molecular weight is 248 g/mol. The molecule has 0 aliphatic heterocycles. The van der Waals surface area contributed by atoms with E-state index in [1.165, 1.54) is 19.3 Å². The Bertz CT molecular complexity index is 440. The molecule has 5 heteroatoms. The van der Waals surface area contributed by atoms with Gasteiger partial charge >= 0.3 is 0 Å². The molecular formula is C13H20N4O. The summed E-state index contributed by atoms with van der Waals surface area (Å²) in [5.74, 6) is 0.0593. The van der Waals surface area contributed by atoms with Gasteiger partial charge in [0.05, 0.1) is 0 Å². The highest BCUT2D eigenvalue weighted by Crippen LogP contribution is 2.47. The fourth-order valence-electron chi connectivity index (χ4n) is 2.15. The first kappa shape index (κ1) is 12.8. The first-order valence-corrected chi connectivity index (χ1v) is 6.33. The third-order valence-electron chi connectivity index (χ3n) is 3.76. The molecule has 0 saturated heterocycles. The summed E-state index contributed by atoms with van der Waals surface area (Å²) in [4.78, 5) is 4.14. The van der Waals surface area contributed by atoms with Crippen LogP contribution >= 0.6 is 0 Å². The summed E-state index contributed by atoms with van der Waals surface area (Å²) >= 11 is 0. The molecule has 2 rings (SSSR count). The Kier molecular flexibility index (Phi) is 3.81. The molecule has 0 bridgehead atoms. The van der Waals surface area contributed by atoms with Gasteiger partial charge in [-0.25, -0.2) is 0 Å². The van der Waals surface area contributed by atoms with Gasteiger partial charge in [0.25, 0.3) is 0 Å². The lowest BCUT2D eigenvalue weighted by atomic mass is 10.0. The molecule has 1 saturated carbocycles. The zero-order valence-electron chi connectivity index (χ0n) is 10.7. The van der Waals surface area contributed by atoms with Gasteiger partial charge in [0.15, 0.2) is 5.84 Å². The fraction of sp³-hybridized carbons (Fsp3) is 0.538. The molecule has 98 valence electrons. The van der Waals surface area contributed by atoms with Crippen LogP contribution in [0.2, 0.25) is 0 Å². The zero-order valence-corrected chi connectivity index (χ0v) is 10.7. The van der Waals surface area contributed by atoms with Gasteiger partial charge in [0.2, 0.25) is 0 Å². The molecule has 4 N–H and O–H groups in total. The third-order valence-corrected chi connectivity index (χ3v) is 3.76. The van der Waals surface area contributed by atoms with E-state index in [0.717, 1.165) is 12.1 Å². The summed E-state index contributed by atoms with van der Waals surface area (Å²) in [6, 6.07) is 3.80. The van der Waals surface area contributed by atoms with Crippen LogP contribution in [0.15, 0.2) is 23.5 Å². The van der Waals surface area contributed by atoms with Crippen molar-refractivity contribution in [1.82, 2.24) is 10.3 Å². The summed E-state index contributed by atoms with van der Waals surface area (Å²) in [5.41, 5.74) is 7.62. The van der Waals surface area contributed by atoms with Crippen LogP contribution in [-0.4, -0.2) is 22.6 Å². The van der Waals surface area contributed by atoms with Gasteiger partial charge in [-0.1, -0.05) is 18.1 Å². The van der Waals surface area contributed by atoms with Crippen LogP contribution in [0, 0.1) is 5.41 Å². The Morgan fingerprint density at radius 1 is 1.61 bits per heavy atom. The van der Waals surface area contributed by atoms with E-state index in [9.17, 15) is 0 Å². The van der Waals surface area contributed by atoms with Crippen molar-refractivity contribution in [3.05, 3.63) is 29.6 Å². The van der Waals surface area contributed by atoms with Gasteiger partial charge in [0, 0.05) is 19.3 Å². The number of aromatic nitrogens is 1. The molecule has 1 aromatic rings. The second kappa shape index (κ2) is 5.35. The van der Waals surface area contributed by atoms with Crippen molar-refractivity contribution in [3.8, 4) is 0 Å². The van der Waals surface area contributed by atoms with Crippen molar-refractivity contribution in [3.63, 3.8) is 0 Å². The minimum atomic E-state index is 0.0593. The summed E-state index contributed by atoms with van der Waals surface area (Å²) in [5, 5.41) is 15.2. The van der Waals surface area contributed by atoms with Gasteiger partial charge in [0.1, 0.15) is 5.69 Å². The molecule has 1 aliphatic carbocycles. The first-order valence-electron chi connectivity index (χ1n) is 6.33. The SMILES string of the molecule is CCC1(CNCc2cccnc2/C(N)=N/O)CC1. The van der Waals surface area contributed by atoms with Crippen molar-refractivity contribution in [1.29, 1.82) is 0 Å². The van der Waals surface area contributed by atoms with Crippen LogP contribution in [0.5, 0.6) is 0 Å². The summed E-state index contributed by atoms with van der Waals surface area (Å²) < 4.78 is 0. The second-order valence-electron chi connectivity index (χ2n) is 4.95. The Hall–Kier alpha value is -1.62. The predicted molar refractivity (Wildman–Crippen MR) is 70.4 cm³/mol. The second-order valence-corrected chi connectivity index (χ2v) is 4.95. The molecule has 1 aliphatic rings. The van der Waals surface area contributed by atoms with Crippen LogP contribution in [0.3, 0.4) is 0 Å². The minimum Gasteiger partial charge on any atom is -0.409 e. The van der Waals surface area contributed by atoms with Gasteiger partial charge in [-0.3, -0.25) is 4.98 Å². The normalized spacial score (nSPS) is 17.7. The molecule has 0 unspecified atom stereocenters. The summed E-state index contributed by atoms with van der Waals surface area (Å²) in [6.45, 7) is 3.95. The van der Waals surface area contributed by atoms with Gasteiger partial charge in [-0.2, -0.15) is 0 Å². The van der Waals surface area contributed by atoms with Crippen LogP contribution in [0.1, 0.15) is 37.4 Å². The highest BCUT2D eigenvalue weighted by Gasteiger charge is 2.39. The highest BCUT2D eigenvalue weighted by molar-refractivity contribution is 5.96. The van der Waals surface area contributed by atoms with Gasteiger partial charge in [-0.15, -0.1) is 0 Å². The Labute approximate surface area is 107 Å². The number of hydrogen-bond acceptors (Lipinski definition) is 4. The largest absolute Gasteiger partial charge is 0.409 e. The number of nitrogens with two attached hydrogens (primary N) is 1. The van der Waals surface area contributed by atoms with E-state index in [4.69, 9.17) is 10.9 Å². The van der Waals surface area contributed by atoms with Crippen LogP contribution in [0.4, 0.5) is 0 Å². The molecule has 1 heterocycles. The van der Waals surface area contributed by atoms with E-state index in [0.29, 0.717) is 17.7 Å². The average Bonchev–Trinajstić information content (AvgIpc) is 3.19. The van der Waals surface area contributed by atoms with Crippen molar-refractivity contribution in [2.45, 2.75) is 32.7 Å². The number of hydrogen-bond donors (Lipinski definition) is 3. The number of rotatable bonds is 6. The Balaban J connectivity index is 1.97. The van der Waals surface area contributed by atoms with E-state index in [1.54, 1.807) is 6.20 Å². The van der Waals surface area contributed by atoms with Crippen molar-refractivity contribution >= 4 is 5.84 Å². The van der Waals surface area contributed by atoms with Crippen molar-refractivity contribution in [2.24, 2.45) is 16.3 Å². The van der Waals surface area contributed by atoms with E-state index >= 15 is 0 Å². The number of pyridine rings is 1. The molecule has 0 aromatic carbocycles. The monoisotopic (exact) mass is 248 g/mol. The van der Waals surface area contributed by atoms with Gasteiger partial charge < -0.3 is 16.3 Å². The van der Waals surface area contributed by atoms with E-state index in [1.807, 2.05) is 12.1 Å². The number of nitrogens with one attached hydrogen (secondary N) is 1. The topological polar surface area (TPSA) is 83.5 Å². The fourth-order valence-corrected chi connectivity index (χ4v) is 2.15. The highest BCUT2D eigenvalue weighted by atomic mass is 16.4. The first-order chi connectivity index (χ1) is 8.71. The van der Waals surface area contributed by atoms with Crippen molar-refractivity contribution < 1.29 is 5.21 Å². The number of oxime groups is 1.